The Kier molecular flexibility index (Phi) is 5.62. The summed E-state index contributed by atoms with van der Waals surface area (Å²) in [4.78, 5) is 14.5. The lowest BCUT2D eigenvalue weighted by Crippen LogP contribution is -2.36. The van der Waals surface area contributed by atoms with Gasteiger partial charge in [0.25, 0.3) is 5.91 Å². The monoisotopic (exact) mass is 290 g/mol. The lowest BCUT2D eigenvalue weighted by molar-refractivity contribution is 0.0947. The maximum Gasteiger partial charge on any atom is 0.255 e. The maximum absolute atomic E-state index is 12.0. The number of benzene rings is 1. The predicted molar refractivity (Wildman–Crippen MR) is 84.6 cm³/mol. The fourth-order valence-electron chi connectivity index (χ4n) is 2.93. The van der Waals surface area contributed by atoms with Crippen molar-refractivity contribution in [2.75, 3.05) is 26.2 Å². The zero-order chi connectivity index (χ0) is 15.2. The number of aromatic hydroxyl groups is 1. The van der Waals surface area contributed by atoms with Gasteiger partial charge in [0, 0.05) is 13.1 Å². The number of hydrogen-bond donors (Lipinski definition) is 2. The molecule has 1 aromatic rings. The van der Waals surface area contributed by atoms with Crippen molar-refractivity contribution in [2.24, 2.45) is 5.92 Å². The van der Waals surface area contributed by atoms with Crippen molar-refractivity contribution >= 4 is 5.91 Å². The standard InChI is InChI=1S/C17H26N2O2/c1-13-6-4-10-19(12-13)11-5-9-18-17(21)15-8-3-7-14(2)16(15)20/h3,7-8,13,20H,4-6,9-12H2,1-2H3,(H,18,21). The molecule has 4 nitrogen and oxygen atoms in total. The minimum Gasteiger partial charge on any atom is -0.507 e. The van der Waals surface area contributed by atoms with E-state index in [-0.39, 0.29) is 11.7 Å². The molecule has 1 amide bonds. The van der Waals surface area contributed by atoms with Crippen LogP contribution in [0.4, 0.5) is 0 Å². The molecular weight excluding hydrogens is 264 g/mol. The van der Waals surface area contributed by atoms with Crippen molar-refractivity contribution < 1.29 is 9.90 Å². The Morgan fingerprint density at radius 2 is 2.29 bits per heavy atom. The Labute approximate surface area is 127 Å². The summed E-state index contributed by atoms with van der Waals surface area (Å²) in [5, 5.41) is 12.8. The minimum absolute atomic E-state index is 0.0832. The van der Waals surface area contributed by atoms with Gasteiger partial charge < -0.3 is 15.3 Å². The lowest BCUT2D eigenvalue weighted by atomic mass is 10.0. The average molecular weight is 290 g/mol. The van der Waals surface area contributed by atoms with Crippen molar-refractivity contribution in [3.63, 3.8) is 0 Å². The SMILES string of the molecule is Cc1cccc(C(=O)NCCCN2CCCC(C)C2)c1O. The van der Waals surface area contributed by atoms with Crippen LogP contribution in [0.25, 0.3) is 0 Å². The van der Waals surface area contributed by atoms with E-state index in [0.717, 1.165) is 24.4 Å². The summed E-state index contributed by atoms with van der Waals surface area (Å²) in [6, 6.07) is 5.24. The molecule has 0 radical (unpaired) electrons. The summed E-state index contributed by atoms with van der Waals surface area (Å²) in [5.41, 5.74) is 1.09. The molecule has 1 atom stereocenters. The molecule has 1 heterocycles. The molecule has 1 fully saturated rings. The van der Waals surface area contributed by atoms with E-state index in [9.17, 15) is 9.90 Å². The molecule has 0 spiro atoms. The number of phenolic OH excluding ortho intramolecular Hbond substituents is 1. The second kappa shape index (κ2) is 7.46. The van der Waals surface area contributed by atoms with E-state index >= 15 is 0 Å². The number of carbonyl (C=O) groups is 1. The first-order valence-electron chi connectivity index (χ1n) is 7.87. The second-order valence-corrected chi connectivity index (χ2v) is 6.13. The molecule has 0 aliphatic carbocycles. The van der Waals surface area contributed by atoms with Crippen molar-refractivity contribution in [3.05, 3.63) is 29.3 Å². The predicted octanol–water partition coefficient (Wildman–Crippen LogP) is 2.55. The quantitative estimate of drug-likeness (QED) is 0.819. The number of aryl methyl sites for hydroxylation is 1. The number of rotatable bonds is 5. The van der Waals surface area contributed by atoms with E-state index in [0.29, 0.717) is 12.1 Å². The highest BCUT2D eigenvalue weighted by Crippen LogP contribution is 2.21. The molecule has 1 aliphatic rings. The zero-order valence-corrected chi connectivity index (χ0v) is 13.1. The first-order chi connectivity index (χ1) is 10.1. The van der Waals surface area contributed by atoms with Crippen LogP contribution in [0, 0.1) is 12.8 Å². The third-order valence-electron chi connectivity index (χ3n) is 4.16. The summed E-state index contributed by atoms with van der Waals surface area (Å²) in [5.74, 6) is 0.681. The second-order valence-electron chi connectivity index (χ2n) is 6.13. The molecule has 0 saturated carbocycles. The van der Waals surface area contributed by atoms with Crippen molar-refractivity contribution in [2.45, 2.75) is 33.1 Å². The lowest BCUT2D eigenvalue weighted by Gasteiger charge is -2.30. The van der Waals surface area contributed by atoms with Gasteiger partial charge in [0.05, 0.1) is 5.56 Å². The van der Waals surface area contributed by atoms with Crippen molar-refractivity contribution in [1.29, 1.82) is 0 Å². The summed E-state index contributed by atoms with van der Waals surface area (Å²) in [6.45, 7) is 8.13. The van der Waals surface area contributed by atoms with Crippen LogP contribution >= 0.6 is 0 Å². The van der Waals surface area contributed by atoms with Gasteiger partial charge in [0.15, 0.2) is 0 Å². The summed E-state index contributed by atoms with van der Waals surface area (Å²) >= 11 is 0. The van der Waals surface area contributed by atoms with Crippen LogP contribution in [0.15, 0.2) is 18.2 Å². The highest BCUT2D eigenvalue weighted by atomic mass is 16.3. The first kappa shape index (κ1) is 15.8. The number of nitrogens with zero attached hydrogens (tertiary/aromatic N) is 1. The van der Waals surface area contributed by atoms with Gasteiger partial charge in [-0.05, 0) is 56.8 Å². The number of phenols is 1. The fraction of sp³-hybridized carbons (Fsp3) is 0.588. The number of nitrogens with one attached hydrogen (secondary N) is 1. The van der Waals surface area contributed by atoms with Gasteiger partial charge >= 0.3 is 0 Å². The Balaban J connectivity index is 1.73. The van der Waals surface area contributed by atoms with E-state index in [4.69, 9.17) is 0 Å². The molecule has 2 N–H and O–H groups in total. The van der Waals surface area contributed by atoms with Crippen LogP contribution in [0.2, 0.25) is 0 Å². The molecule has 1 aromatic carbocycles. The highest BCUT2D eigenvalue weighted by molar-refractivity contribution is 5.97. The molecule has 1 saturated heterocycles. The van der Waals surface area contributed by atoms with Gasteiger partial charge in [-0.3, -0.25) is 4.79 Å². The molecule has 116 valence electrons. The number of amides is 1. The topological polar surface area (TPSA) is 52.6 Å². The first-order valence-corrected chi connectivity index (χ1v) is 7.87. The molecule has 1 unspecified atom stereocenters. The van der Waals surface area contributed by atoms with Gasteiger partial charge in [-0.2, -0.15) is 0 Å². The van der Waals surface area contributed by atoms with E-state index in [1.54, 1.807) is 25.1 Å². The van der Waals surface area contributed by atoms with E-state index in [1.807, 2.05) is 0 Å². The van der Waals surface area contributed by atoms with Gasteiger partial charge in [0.2, 0.25) is 0 Å². The van der Waals surface area contributed by atoms with Gasteiger partial charge in [-0.15, -0.1) is 0 Å². The fourth-order valence-corrected chi connectivity index (χ4v) is 2.93. The van der Waals surface area contributed by atoms with Crippen LogP contribution in [0.1, 0.15) is 42.1 Å². The van der Waals surface area contributed by atoms with E-state index < -0.39 is 0 Å². The normalized spacial score (nSPS) is 19.4. The average Bonchev–Trinajstić information content (AvgIpc) is 2.46. The molecule has 4 heteroatoms. The molecular formula is C17H26N2O2. The Morgan fingerprint density at radius 3 is 3.05 bits per heavy atom. The van der Waals surface area contributed by atoms with Crippen LogP contribution in [0.5, 0.6) is 5.75 Å². The Bertz CT molecular complexity index is 488. The third kappa shape index (κ3) is 4.46. The van der Waals surface area contributed by atoms with Crippen molar-refractivity contribution in [1.82, 2.24) is 10.2 Å². The molecule has 1 aliphatic heterocycles. The maximum atomic E-state index is 12.0. The smallest absolute Gasteiger partial charge is 0.255 e. The highest BCUT2D eigenvalue weighted by Gasteiger charge is 2.16. The number of hydrogen-bond acceptors (Lipinski definition) is 3. The number of carbonyl (C=O) groups excluding carboxylic acids is 1. The molecule has 21 heavy (non-hydrogen) atoms. The zero-order valence-electron chi connectivity index (χ0n) is 13.1. The Hall–Kier alpha value is -1.55. The van der Waals surface area contributed by atoms with Crippen LogP contribution < -0.4 is 5.32 Å². The summed E-state index contributed by atoms with van der Waals surface area (Å²) < 4.78 is 0. The van der Waals surface area contributed by atoms with E-state index in [2.05, 4.69) is 17.1 Å². The van der Waals surface area contributed by atoms with Crippen LogP contribution in [-0.2, 0) is 0 Å². The van der Waals surface area contributed by atoms with Crippen LogP contribution in [0.3, 0.4) is 0 Å². The largest absolute Gasteiger partial charge is 0.507 e. The Morgan fingerprint density at radius 1 is 1.48 bits per heavy atom. The molecule has 2 rings (SSSR count). The van der Waals surface area contributed by atoms with Gasteiger partial charge in [-0.1, -0.05) is 19.1 Å². The number of para-hydroxylation sites is 1. The van der Waals surface area contributed by atoms with Gasteiger partial charge in [0.1, 0.15) is 5.75 Å². The molecule has 0 aromatic heterocycles. The third-order valence-corrected chi connectivity index (χ3v) is 4.16. The number of piperidine rings is 1. The number of likely N-dealkylation sites (tertiary alicyclic amines) is 1. The summed E-state index contributed by atoms with van der Waals surface area (Å²) in [6.07, 6.45) is 3.57. The summed E-state index contributed by atoms with van der Waals surface area (Å²) in [7, 11) is 0. The minimum atomic E-state index is -0.191. The van der Waals surface area contributed by atoms with Crippen molar-refractivity contribution in [3.8, 4) is 5.75 Å². The van der Waals surface area contributed by atoms with Gasteiger partial charge in [-0.25, -0.2) is 0 Å². The molecule has 0 bridgehead atoms. The van der Waals surface area contributed by atoms with Crippen LogP contribution in [-0.4, -0.2) is 42.1 Å². The van der Waals surface area contributed by atoms with E-state index in [1.165, 1.54) is 25.9 Å².